The van der Waals surface area contributed by atoms with Crippen LogP contribution in [0.2, 0.25) is 0 Å². The summed E-state index contributed by atoms with van der Waals surface area (Å²) in [6.45, 7) is 4.17. The molecule has 0 aliphatic heterocycles. The average Bonchev–Trinajstić information content (AvgIpc) is 2.92. The van der Waals surface area contributed by atoms with Crippen molar-refractivity contribution in [3.63, 3.8) is 0 Å². The molecule has 1 aliphatic carbocycles. The van der Waals surface area contributed by atoms with Crippen LogP contribution in [0.25, 0.3) is 5.13 Å². The summed E-state index contributed by atoms with van der Waals surface area (Å²) in [4.78, 5) is 0. The fraction of sp³-hybridized carbons (Fsp3) is 0.583. The highest BCUT2D eigenvalue weighted by atomic mass is 32.1. The molecule has 1 aliphatic rings. The maximum absolute atomic E-state index is 9.14. The third kappa shape index (κ3) is 2.02. The molecule has 0 bridgehead atoms. The maximum atomic E-state index is 9.14. The van der Waals surface area contributed by atoms with Crippen LogP contribution in [0.15, 0.2) is 0 Å². The molecule has 0 atom stereocenters. The monoisotopic (exact) mass is 274 g/mol. The first-order valence-corrected chi connectivity index (χ1v) is 7.21. The summed E-state index contributed by atoms with van der Waals surface area (Å²) in [5, 5.41) is 27.2. The van der Waals surface area contributed by atoms with Gasteiger partial charge in [0.05, 0.1) is 5.69 Å². The van der Waals surface area contributed by atoms with Crippen LogP contribution in [0.1, 0.15) is 61.3 Å². The molecule has 0 aromatic carbocycles. The maximum Gasteiger partial charge on any atom is 0.234 e. The quantitative estimate of drug-likeness (QED) is 0.858. The molecule has 0 spiro atoms. The molecular formula is C12H14N6S. The molecule has 0 N–H and O–H groups in total. The van der Waals surface area contributed by atoms with Gasteiger partial charge in [-0.3, -0.25) is 0 Å². The Balaban J connectivity index is 2.04. The van der Waals surface area contributed by atoms with E-state index in [1.807, 2.05) is 0 Å². The second-order valence-corrected chi connectivity index (χ2v) is 6.04. The lowest BCUT2D eigenvalue weighted by Crippen LogP contribution is -2.15. The number of nitrogens with zero attached hydrogens (tertiary/aromatic N) is 6. The number of rotatable bonds is 3. The second kappa shape index (κ2) is 4.70. The van der Waals surface area contributed by atoms with Crippen LogP contribution in [-0.2, 0) is 0 Å². The SMILES string of the molecule is CC(C)c1nnc(-n2nnc(C#N)c2C2CCC2)s1. The predicted molar refractivity (Wildman–Crippen MR) is 70.2 cm³/mol. The van der Waals surface area contributed by atoms with E-state index in [9.17, 15) is 0 Å². The molecule has 0 amide bonds. The number of nitriles is 1. The van der Waals surface area contributed by atoms with Gasteiger partial charge in [0, 0.05) is 11.8 Å². The summed E-state index contributed by atoms with van der Waals surface area (Å²) in [5.74, 6) is 0.730. The first-order valence-electron chi connectivity index (χ1n) is 6.40. The highest BCUT2D eigenvalue weighted by molar-refractivity contribution is 7.13. The zero-order valence-corrected chi connectivity index (χ0v) is 11.7. The van der Waals surface area contributed by atoms with Crippen molar-refractivity contribution in [2.24, 2.45) is 0 Å². The van der Waals surface area contributed by atoms with Gasteiger partial charge in [0.25, 0.3) is 0 Å². The van der Waals surface area contributed by atoms with E-state index in [0.717, 1.165) is 23.5 Å². The molecule has 2 aromatic rings. The third-order valence-corrected chi connectivity index (χ3v) is 4.61. The van der Waals surface area contributed by atoms with Crippen LogP contribution >= 0.6 is 11.3 Å². The molecule has 0 radical (unpaired) electrons. The van der Waals surface area contributed by atoms with E-state index in [2.05, 4.69) is 40.4 Å². The van der Waals surface area contributed by atoms with Gasteiger partial charge in [-0.15, -0.1) is 15.3 Å². The van der Waals surface area contributed by atoms with Crippen LogP contribution in [0.3, 0.4) is 0 Å². The molecule has 7 heteroatoms. The Labute approximate surface area is 115 Å². The molecule has 2 aromatic heterocycles. The minimum atomic E-state index is 0.345. The lowest BCUT2D eigenvalue weighted by atomic mass is 9.82. The second-order valence-electron chi connectivity index (χ2n) is 5.05. The van der Waals surface area contributed by atoms with Gasteiger partial charge in [0.2, 0.25) is 5.13 Å². The van der Waals surface area contributed by atoms with E-state index in [4.69, 9.17) is 5.26 Å². The lowest BCUT2D eigenvalue weighted by Gasteiger charge is -2.25. The molecule has 6 nitrogen and oxygen atoms in total. The molecule has 0 unspecified atom stereocenters. The first kappa shape index (κ1) is 12.2. The van der Waals surface area contributed by atoms with Crippen LogP contribution in [0, 0.1) is 11.3 Å². The van der Waals surface area contributed by atoms with Gasteiger partial charge in [-0.25, -0.2) is 0 Å². The van der Waals surface area contributed by atoms with Gasteiger partial charge < -0.3 is 0 Å². The largest absolute Gasteiger partial charge is 0.234 e. The topological polar surface area (TPSA) is 80.3 Å². The summed E-state index contributed by atoms with van der Waals surface area (Å²) >= 11 is 1.51. The summed E-state index contributed by atoms with van der Waals surface area (Å²) in [7, 11) is 0. The summed E-state index contributed by atoms with van der Waals surface area (Å²) < 4.78 is 1.70. The van der Waals surface area contributed by atoms with Gasteiger partial charge >= 0.3 is 0 Å². The van der Waals surface area contributed by atoms with Crippen molar-refractivity contribution >= 4 is 11.3 Å². The molecular weight excluding hydrogens is 260 g/mol. The van der Waals surface area contributed by atoms with E-state index in [0.29, 0.717) is 22.7 Å². The summed E-state index contributed by atoms with van der Waals surface area (Å²) in [5.41, 5.74) is 1.33. The summed E-state index contributed by atoms with van der Waals surface area (Å²) in [6.07, 6.45) is 3.39. The lowest BCUT2D eigenvalue weighted by molar-refractivity contribution is 0.402. The molecule has 19 heavy (non-hydrogen) atoms. The van der Waals surface area contributed by atoms with E-state index < -0.39 is 0 Å². The van der Waals surface area contributed by atoms with E-state index >= 15 is 0 Å². The van der Waals surface area contributed by atoms with E-state index in [1.165, 1.54) is 17.8 Å². The van der Waals surface area contributed by atoms with Gasteiger partial charge in [-0.1, -0.05) is 36.8 Å². The highest BCUT2D eigenvalue weighted by Gasteiger charge is 2.29. The van der Waals surface area contributed by atoms with Crippen LogP contribution in [0.4, 0.5) is 0 Å². The van der Waals surface area contributed by atoms with Gasteiger partial charge in [-0.2, -0.15) is 9.94 Å². The van der Waals surface area contributed by atoms with Crippen molar-refractivity contribution in [3.8, 4) is 11.2 Å². The number of hydrogen-bond acceptors (Lipinski definition) is 6. The van der Waals surface area contributed by atoms with Crippen LogP contribution in [0.5, 0.6) is 0 Å². The van der Waals surface area contributed by atoms with Crippen LogP contribution in [-0.4, -0.2) is 25.2 Å². The molecule has 0 saturated heterocycles. The van der Waals surface area contributed by atoms with E-state index in [-0.39, 0.29) is 0 Å². The predicted octanol–water partition coefficient (Wildman–Crippen LogP) is 2.38. The van der Waals surface area contributed by atoms with Crippen molar-refractivity contribution in [2.75, 3.05) is 0 Å². The molecule has 1 saturated carbocycles. The van der Waals surface area contributed by atoms with Crippen molar-refractivity contribution < 1.29 is 0 Å². The van der Waals surface area contributed by atoms with Gasteiger partial charge in [0.1, 0.15) is 11.1 Å². The normalized spacial score (nSPS) is 15.5. The Morgan fingerprint density at radius 2 is 2.11 bits per heavy atom. The average molecular weight is 274 g/mol. The van der Waals surface area contributed by atoms with E-state index in [1.54, 1.807) is 4.68 Å². The minimum Gasteiger partial charge on any atom is -0.191 e. The fourth-order valence-corrected chi connectivity index (χ4v) is 2.91. The molecule has 3 rings (SSSR count). The molecule has 98 valence electrons. The van der Waals surface area contributed by atoms with Gasteiger partial charge in [-0.05, 0) is 12.8 Å². The fourth-order valence-electron chi connectivity index (χ4n) is 2.10. The van der Waals surface area contributed by atoms with Crippen molar-refractivity contribution in [1.82, 2.24) is 25.2 Å². The first-order chi connectivity index (χ1) is 9.20. The molecule has 1 fully saturated rings. The zero-order chi connectivity index (χ0) is 13.4. The molecule has 2 heterocycles. The van der Waals surface area contributed by atoms with Gasteiger partial charge in [0.15, 0.2) is 5.69 Å². The number of aromatic nitrogens is 5. The Morgan fingerprint density at radius 3 is 2.63 bits per heavy atom. The minimum absolute atomic E-state index is 0.345. The Kier molecular flexibility index (Phi) is 3.03. The zero-order valence-electron chi connectivity index (χ0n) is 10.9. The van der Waals surface area contributed by atoms with Crippen molar-refractivity contribution in [3.05, 3.63) is 16.4 Å². The smallest absolute Gasteiger partial charge is 0.191 e. The number of hydrogen-bond donors (Lipinski definition) is 0. The standard InChI is InChI=1S/C12H14N6S/c1-7(2)11-15-16-12(19-11)18-10(8-4-3-5-8)9(6-13)14-17-18/h7-8H,3-5H2,1-2H3. The Morgan fingerprint density at radius 1 is 1.32 bits per heavy atom. The Hall–Kier alpha value is -1.81. The third-order valence-electron chi connectivity index (χ3n) is 3.41. The Bertz CT molecular complexity index is 631. The van der Waals surface area contributed by atoms with Crippen LogP contribution < -0.4 is 0 Å². The van der Waals surface area contributed by atoms with Crippen molar-refractivity contribution in [2.45, 2.75) is 44.9 Å². The van der Waals surface area contributed by atoms with Crippen molar-refractivity contribution in [1.29, 1.82) is 5.26 Å². The summed E-state index contributed by atoms with van der Waals surface area (Å²) in [6, 6.07) is 2.13. The highest BCUT2D eigenvalue weighted by Crippen LogP contribution is 2.38.